The summed E-state index contributed by atoms with van der Waals surface area (Å²) in [6, 6.07) is 5.88. The van der Waals surface area contributed by atoms with E-state index >= 15 is 0 Å². The molecule has 20 heavy (non-hydrogen) atoms. The number of nitrogens with zero attached hydrogens (tertiary/aromatic N) is 1. The van der Waals surface area contributed by atoms with Crippen LogP contribution in [0.25, 0.3) is 0 Å². The molecule has 1 N–H and O–H groups in total. The third-order valence-corrected chi connectivity index (χ3v) is 3.55. The molecule has 1 fully saturated rings. The molecule has 1 unspecified atom stereocenters. The molecule has 1 saturated heterocycles. The summed E-state index contributed by atoms with van der Waals surface area (Å²) in [5.41, 5.74) is 0.864. The SMILES string of the molecule is COc1ccc(OC)c(CC(=O)N2CCNC(C)C2)c1. The van der Waals surface area contributed by atoms with Gasteiger partial charge in [0, 0.05) is 31.2 Å². The molecule has 1 amide bonds. The number of benzene rings is 1. The van der Waals surface area contributed by atoms with E-state index in [9.17, 15) is 4.79 Å². The van der Waals surface area contributed by atoms with Crippen LogP contribution in [0.4, 0.5) is 0 Å². The number of ether oxygens (including phenoxy) is 2. The van der Waals surface area contributed by atoms with Crippen molar-refractivity contribution in [1.82, 2.24) is 10.2 Å². The van der Waals surface area contributed by atoms with Gasteiger partial charge >= 0.3 is 0 Å². The third-order valence-electron chi connectivity index (χ3n) is 3.55. The Hall–Kier alpha value is -1.75. The number of rotatable bonds is 4. The van der Waals surface area contributed by atoms with Crippen LogP contribution < -0.4 is 14.8 Å². The lowest BCUT2D eigenvalue weighted by atomic mass is 10.1. The molecule has 1 aromatic carbocycles. The second-order valence-corrected chi connectivity index (χ2v) is 5.05. The summed E-state index contributed by atoms with van der Waals surface area (Å²) >= 11 is 0. The van der Waals surface area contributed by atoms with Crippen molar-refractivity contribution in [2.24, 2.45) is 0 Å². The van der Waals surface area contributed by atoms with Gasteiger partial charge in [0.05, 0.1) is 20.6 Å². The maximum atomic E-state index is 12.4. The van der Waals surface area contributed by atoms with E-state index in [0.29, 0.717) is 12.5 Å². The lowest BCUT2D eigenvalue weighted by Gasteiger charge is -2.32. The van der Waals surface area contributed by atoms with E-state index in [1.54, 1.807) is 14.2 Å². The second kappa shape index (κ2) is 6.61. The highest BCUT2D eigenvalue weighted by atomic mass is 16.5. The molecule has 0 aliphatic carbocycles. The fraction of sp³-hybridized carbons (Fsp3) is 0.533. The van der Waals surface area contributed by atoms with E-state index in [0.717, 1.165) is 36.7 Å². The van der Waals surface area contributed by atoms with Gasteiger partial charge in [0.1, 0.15) is 11.5 Å². The topological polar surface area (TPSA) is 50.8 Å². The zero-order valence-corrected chi connectivity index (χ0v) is 12.3. The van der Waals surface area contributed by atoms with Gasteiger partial charge in [0.25, 0.3) is 0 Å². The van der Waals surface area contributed by atoms with E-state index in [2.05, 4.69) is 12.2 Å². The van der Waals surface area contributed by atoms with Crippen molar-refractivity contribution >= 4 is 5.91 Å². The molecular weight excluding hydrogens is 256 g/mol. The summed E-state index contributed by atoms with van der Waals surface area (Å²) < 4.78 is 10.5. The highest BCUT2D eigenvalue weighted by Crippen LogP contribution is 2.24. The lowest BCUT2D eigenvalue weighted by molar-refractivity contribution is -0.131. The quantitative estimate of drug-likeness (QED) is 0.895. The number of carbonyl (C=O) groups is 1. The van der Waals surface area contributed by atoms with Gasteiger partial charge in [0.15, 0.2) is 0 Å². The van der Waals surface area contributed by atoms with Crippen LogP contribution >= 0.6 is 0 Å². The van der Waals surface area contributed by atoms with Gasteiger partial charge in [-0.25, -0.2) is 0 Å². The van der Waals surface area contributed by atoms with Crippen molar-refractivity contribution in [2.45, 2.75) is 19.4 Å². The number of piperazine rings is 1. The van der Waals surface area contributed by atoms with Crippen LogP contribution in [0.1, 0.15) is 12.5 Å². The highest BCUT2D eigenvalue weighted by molar-refractivity contribution is 5.80. The minimum atomic E-state index is 0.130. The average Bonchev–Trinajstić information content (AvgIpc) is 2.47. The number of hydrogen-bond donors (Lipinski definition) is 1. The first kappa shape index (κ1) is 14.7. The fourth-order valence-electron chi connectivity index (χ4n) is 2.45. The Labute approximate surface area is 119 Å². The smallest absolute Gasteiger partial charge is 0.227 e. The molecule has 1 aliphatic heterocycles. The first-order valence-electron chi connectivity index (χ1n) is 6.86. The molecule has 1 aliphatic rings. The molecule has 0 aromatic heterocycles. The summed E-state index contributed by atoms with van der Waals surface area (Å²) in [7, 11) is 3.23. The molecule has 5 nitrogen and oxygen atoms in total. The number of nitrogens with one attached hydrogen (secondary N) is 1. The van der Waals surface area contributed by atoms with Crippen molar-refractivity contribution in [3.05, 3.63) is 23.8 Å². The van der Waals surface area contributed by atoms with Crippen LogP contribution in [0.15, 0.2) is 18.2 Å². The molecule has 0 bridgehead atoms. The summed E-state index contributed by atoms with van der Waals surface area (Å²) in [6.07, 6.45) is 0.340. The maximum absolute atomic E-state index is 12.4. The predicted molar refractivity (Wildman–Crippen MR) is 77.3 cm³/mol. The van der Waals surface area contributed by atoms with Crippen LogP contribution in [0.2, 0.25) is 0 Å². The van der Waals surface area contributed by atoms with Gasteiger partial charge in [-0.05, 0) is 25.1 Å². The Morgan fingerprint density at radius 2 is 2.20 bits per heavy atom. The van der Waals surface area contributed by atoms with Crippen LogP contribution in [0.3, 0.4) is 0 Å². The Kier molecular flexibility index (Phi) is 4.84. The fourth-order valence-corrected chi connectivity index (χ4v) is 2.45. The van der Waals surface area contributed by atoms with E-state index < -0.39 is 0 Å². The Bertz CT molecular complexity index is 476. The largest absolute Gasteiger partial charge is 0.497 e. The third kappa shape index (κ3) is 3.42. The molecule has 0 radical (unpaired) electrons. The average molecular weight is 278 g/mol. The number of carbonyl (C=O) groups excluding carboxylic acids is 1. The van der Waals surface area contributed by atoms with E-state index in [1.807, 2.05) is 23.1 Å². The zero-order chi connectivity index (χ0) is 14.5. The Balaban J connectivity index is 2.10. The highest BCUT2D eigenvalue weighted by Gasteiger charge is 2.21. The lowest BCUT2D eigenvalue weighted by Crippen LogP contribution is -2.51. The number of hydrogen-bond acceptors (Lipinski definition) is 4. The maximum Gasteiger partial charge on any atom is 0.227 e. The van der Waals surface area contributed by atoms with Crippen LogP contribution in [-0.2, 0) is 11.2 Å². The number of amides is 1. The molecule has 5 heteroatoms. The molecule has 110 valence electrons. The van der Waals surface area contributed by atoms with Crippen molar-refractivity contribution in [2.75, 3.05) is 33.9 Å². The zero-order valence-electron chi connectivity index (χ0n) is 12.3. The normalized spacial score (nSPS) is 18.8. The minimum absolute atomic E-state index is 0.130. The molecular formula is C15H22N2O3. The van der Waals surface area contributed by atoms with E-state index in [-0.39, 0.29) is 5.91 Å². The Morgan fingerprint density at radius 1 is 1.40 bits per heavy atom. The standard InChI is InChI=1S/C15H22N2O3/c1-11-10-17(7-6-16-11)15(18)9-12-8-13(19-2)4-5-14(12)20-3/h4-5,8,11,16H,6-7,9-10H2,1-3H3. The van der Waals surface area contributed by atoms with Crippen molar-refractivity contribution in [1.29, 1.82) is 0 Å². The predicted octanol–water partition coefficient (Wildman–Crippen LogP) is 1.07. The van der Waals surface area contributed by atoms with Gasteiger partial charge in [-0.3, -0.25) is 4.79 Å². The molecule has 0 saturated carbocycles. The van der Waals surface area contributed by atoms with Crippen molar-refractivity contribution in [3.8, 4) is 11.5 Å². The van der Waals surface area contributed by atoms with Crippen molar-refractivity contribution in [3.63, 3.8) is 0 Å². The molecule has 1 heterocycles. The van der Waals surface area contributed by atoms with Gasteiger partial charge in [0.2, 0.25) is 5.91 Å². The summed E-state index contributed by atoms with van der Waals surface area (Å²) in [4.78, 5) is 14.3. The minimum Gasteiger partial charge on any atom is -0.497 e. The first-order valence-corrected chi connectivity index (χ1v) is 6.86. The summed E-state index contributed by atoms with van der Waals surface area (Å²) in [6.45, 7) is 4.45. The van der Waals surface area contributed by atoms with E-state index in [4.69, 9.17) is 9.47 Å². The van der Waals surface area contributed by atoms with Crippen LogP contribution in [0, 0.1) is 0 Å². The number of methoxy groups -OCH3 is 2. The molecule has 2 rings (SSSR count). The summed E-state index contributed by atoms with van der Waals surface area (Å²) in [5.74, 6) is 1.59. The van der Waals surface area contributed by atoms with Crippen LogP contribution in [0.5, 0.6) is 11.5 Å². The monoisotopic (exact) mass is 278 g/mol. The van der Waals surface area contributed by atoms with Gasteiger partial charge in [-0.1, -0.05) is 0 Å². The first-order chi connectivity index (χ1) is 9.63. The second-order valence-electron chi connectivity index (χ2n) is 5.05. The van der Waals surface area contributed by atoms with E-state index in [1.165, 1.54) is 0 Å². The van der Waals surface area contributed by atoms with Gasteiger partial charge < -0.3 is 19.7 Å². The molecule has 1 atom stereocenters. The summed E-state index contributed by atoms with van der Waals surface area (Å²) in [5, 5.41) is 3.33. The Morgan fingerprint density at radius 3 is 2.85 bits per heavy atom. The van der Waals surface area contributed by atoms with Crippen molar-refractivity contribution < 1.29 is 14.3 Å². The van der Waals surface area contributed by atoms with Gasteiger partial charge in [-0.2, -0.15) is 0 Å². The van der Waals surface area contributed by atoms with Gasteiger partial charge in [-0.15, -0.1) is 0 Å². The molecule has 0 spiro atoms. The molecule has 1 aromatic rings. The van der Waals surface area contributed by atoms with Crippen LogP contribution in [-0.4, -0.2) is 50.7 Å².